The highest BCUT2D eigenvalue weighted by molar-refractivity contribution is 6.06. The van der Waals surface area contributed by atoms with E-state index in [1.165, 1.54) is 0 Å². The van der Waals surface area contributed by atoms with Crippen molar-refractivity contribution in [1.29, 1.82) is 0 Å². The van der Waals surface area contributed by atoms with E-state index in [4.69, 9.17) is 9.72 Å². The van der Waals surface area contributed by atoms with Crippen molar-refractivity contribution >= 4 is 28.5 Å². The third-order valence-corrected chi connectivity index (χ3v) is 5.72. The number of carbonyl (C=O) groups is 2. The maximum atomic E-state index is 13.0. The van der Waals surface area contributed by atoms with Gasteiger partial charge in [-0.25, -0.2) is 4.79 Å². The standard InChI is InChI=1S/C25H26N2O3/c1-3-16-9-7-10-17(4-2)24(16)27-22(28)15-30-25(29)23-18-11-5-6-13-20(18)26-21-14-8-12-19(21)23/h5-7,9-11,13H,3-4,8,12,14-15H2,1-2H3,(H,27,28). The minimum Gasteiger partial charge on any atom is -0.452 e. The van der Waals surface area contributed by atoms with Crippen molar-refractivity contribution in [1.82, 2.24) is 4.98 Å². The molecule has 1 heterocycles. The van der Waals surface area contributed by atoms with Crippen LogP contribution < -0.4 is 5.32 Å². The number of amides is 1. The van der Waals surface area contributed by atoms with Crippen LogP contribution in [0, 0.1) is 0 Å². The third kappa shape index (κ3) is 3.80. The summed E-state index contributed by atoms with van der Waals surface area (Å²) in [6.45, 7) is 3.80. The molecule has 0 fully saturated rings. The molecule has 1 aliphatic rings. The Balaban J connectivity index is 1.53. The number of pyridine rings is 1. The Morgan fingerprint density at radius 1 is 1.00 bits per heavy atom. The van der Waals surface area contributed by atoms with Gasteiger partial charge in [0.05, 0.1) is 11.1 Å². The van der Waals surface area contributed by atoms with Crippen LogP contribution in [-0.4, -0.2) is 23.5 Å². The van der Waals surface area contributed by atoms with Gasteiger partial charge >= 0.3 is 5.97 Å². The summed E-state index contributed by atoms with van der Waals surface area (Å²) in [7, 11) is 0. The number of aromatic nitrogens is 1. The molecule has 154 valence electrons. The van der Waals surface area contributed by atoms with E-state index in [-0.39, 0.29) is 12.5 Å². The Bertz CT molecular complexity index is 1100. The van der Waals surface area contributed by atoms with Gasteiger partial charge in [0.25, 0.3) is 5.91 Å². The monoisotopic (exact) mass is 402 g/mol. The number of carbonyl (C=O) groups excluding carboxylic acids is 2. The van der Waals surface area contributed by atoms with E-state index in [1.54, 1.807) is 0 Å². The van der Waals surface area contributed by atoms with Crippen LogP contribution in [0.2, 0.25) is 0 Å². The molecular formula is C25H26N2O3. The minimum atomic E-state index is -0.457. The topological polar surface area (TPSA) is 68.3 Å². The van der Waals surface area contributed by atoms with Crippen LogP contribution in [0.15, 0.2) is 42.5 Å². The zero-order valence-corrected chi connectivity index (χ0v) is 17.5. The molecule has 5 heteroatoms. The van der Waals surface area contributed by atoms with Gasteiger partial charge in [-0.3, -0.25) is 9.78 Å². The first-order chi connectivity index (χ1) is 14.6. The predicted molar refractivity (Wildman–Crippen MR) is 118 cm³/mol. The first-order valence-corrected chi connectivity index (χ1v) is 10.6. The fourth-order valence-electron chi connectivity index (χ4n) is 4.23. The molecule has 30 heavy (non-hydrogen) atoms. The normalized spacial score (nSPS) is 12.6. The Hall–Kier alpha value is -3.21. The number of benzene rings is 2. The van der Waals surface area contributed by atoms with Crippen molar-refractivity contribution in [2.75, 3.05) is 11.9 Å². The van der Waals surface area contributed by atoms with Crippen LogP contribution >= 0.6 is 0 Å². The highest BCUT2D eigenvalue weighted by Gasteiger charge is 2.25. The fraction of sp³-hybridized carbons (Fsp3) is 0.320. The summed E-state index contributed by atoms with van der Waals surface area (Å²) in [5.74, 6) is -0.782. The quantitative estimate of drug-likeness (QED) is 0.610. The zero-order chi connectivity index (χ0) is 21.1. The van der Waals surface area contributed by atoms with Crippen molar-refractivity contribution in [2.24, 2.45) is 0 Å². The predicted octanol–water partition coefficient (Wildman–Crippen LogP) is 4.64. The molecule has 0 bridgehead atoms. The average Bonchev–Trinajstić information content (AvgIpc) is 3.23. The lowest BCUT2D eigenvalue weighted by molar-refractivity contribution is -0.119. The van der Waals surface area contributed by atoms with Gasteiger partial charge < -0.3 is 10.1 Å². The van der Waals surface area contributed by atoms with Gasteiger partial charge in [-0.1, -0.05) is 50.2 Å². The maximum Gasteiger partial charge on any atom is 0.339 e. The molecule has 1 aromatic heterocycles. The number of anilines is 1. The smallest absolute Gasteiger partial charge is 0.339 e. The first kappa shape index (κ1) is 20.1. The number of rotatable bonds is 6. The van der Waals surface area contributed by atoms with Crippen LogP contribution in [-0.2, 0) is 35.2 Å². The van der Waals surface area contributed by atoms with Gasteiger partial charge in [-0.05, 0) is 54.9 Å². The SMILES string of the molecule is CCc1cccc(CC)c1NC(=O)COC(=O)c1c2c(nc3ccccc13)CCC2. The van der Waals surface area contributed by atoms with Crippen molar-refractivity contribution in [3.05, 3.63) is 70.4 Å². The third-order valence-electron chi connectivity index (χ3n) is 5.72. The summed E-state index contributed by atoms with van der Waals surface area (Å²) in [5.41, 5.74) is 6.26. The van der Waals surface area contributed by atoms with Gasteiger partial charge in [0, 0.05) is 16.8 Å². The number of aryl methyl sites for hydroxylation is 3. The maximum absolute atomic E-state index is 13.0. The minimum absolute atomic E-state index is 0.314. The van der Waals surface area contributed by atoms with Crippen LogP contribution in [0.1, 0.15) is 53.0 Å². The Morgan fingerprint density at radius 3 is 2.47 bits per heavy atom. The Kier molecular flexibility index (Phi) is 5.79. The molecule has 0 spiro atoms. The second kappa shape index (κ2) is 8.66. The van der Waals surface area contributed by atoms with Crippen molar-refractivity contribution in [3.63, 3.8) is 0 Å². The summed E-state index contributed by atoms with van der Waals surface area (Å²) in [4.78, 5) is 30.3. The van der Waals surface area contributed by atoms with Crippen LogP contribution in [0.25, 0.3) is 10.9 Å². The highest BCUT2D eigenvalue weighted by Crippen LogP contribution is 2.30. The highest BCUT2D eigenvalue weighted by atomic mass is 16.5. The number of fused-ring (bicyclic) bond motifs is 2. The number of hydrogen-bond donors (Lipinski definition) is 1. The molecule has 0 saturated carbocycles. The molecule has 4 rings (SSSR count). The number of esters is 1. The second-order valence-electron chi connectivity index (χ2n) is 7.57. The summed E-state index contributed by atoms with van der Waals surface area (Å²) in [6, 6.07) is 13.6. The molecular weight excluding hydrogens is 376 g/mol. The van der Waals surface area contributed by atoms with Crippen LogP contribution in [0.3, 0.4) is 0 Å². The lowest BCUT2D eigenvalue weighted by Crippen LogP contribution is -2.23. The van der Waals surface area contributed by atoms with Crippen LogP contribution in [0.4, 0.5) is 5.69 Å². The molecule has 5 nitrogen and oxygen atoms in total. The molecule has 1 aliphatic carbocycles. The lowest BCUT2D eigenvalue weighted by Gasteiger charge is -2.15. The number of hydrogen-bond acceptors (Lipinski definition) is 4. The average molecular weight is 402 g/mol. The van der Waals surface area contributed by atoms with Crippen molar-refractivity contribution in [2.45, 2.75) is 46.0 Å². The zero-order valence-electron chi connectivity index (χ0n) is 17.5. The first-order valence-electron chi connectivity index (χ1n) is 10.6. The summed E-state index contributed by atoms with van der Waals surface area (Å²) < 4.78 is 5.46. The van der Waals surface area contributed by atoms with Crippen LogP contribution in [0.5, 0.6) is 0 Å². The van der Waals surface area contributed by atoms with E-state index in [9.17, 15) is 9.59 Å². The number of para-hydroxylation sites is 2. The summed E-state index contributed by atoms with van der Waals surface area (Å²) >= 11 is 0. The number of nitrogens with one attached hydrogen (secondary N) is 1. The summed E-state index contributed by atoms with van der Waals surface area (Å²) in [6.07, 6.45) is 4.30. The number of ether oxygens (including phenoxy) is 1. The summed E-state index contributed by atoms with van der Waals surface area (Å²) in [5, 5.41) is 3.73. The molecule has 0 unspecified atom stereocenters. The molecule has 1 amide bonds. The van der Waals surface area contributed by atoms with E-state index in [1.807, 2.05) is 42.5 Å². The van der Waals surface area contributed by atoms with E-state index in [0.29, 0.717) is 5.56 Å². The number of nitrogens with zero attached hydrogens (tertiary/aromatic N) is 1. The van der Waals surface area contributed by atoms with Gasteiger partial charge in [-0.15, -0.1) is 0 Å². The van der Waals surface area contributed by atoms with E-state index in [0.717, 1.165) is 71.1 Å². The largest absolute Gasteiger partial charge is 0.452 e. The molecule has 0 radical (unpaired) electrons. The molecule has 0 aliphatic heterocycles. The van der Waals surface area contributed by atoms with E-state index >= 15 is 0 Å². The second-order valence-corrected chi connectivity index (χ2v) is 7.57. The van der Waals surface area contributed by atoms with E-state index in [2.05, 4.69) is 19.2 Å². The van der Waals surface area contributed by atoms with Crippen molar-refractivity contribution < 1.29 is 14.3 Å². The Labute approximate surface area is 176 Å². The van der Waals surface area contributed by atoms with Gasteiger partial charge in [0.2, 0.25) is 0 Å². The van der Waals surface area contributed by atoms with Crippen molar-refractivity contribution in [3.8, 4) is 0 Å². The fourth-order valence-corrected chi connectivity index (χ4v) is 4.23. The van der Waals surface area contributed by atoms with Gasteiger partial charge in [-0.2, -0.15) is 0 Å². The van der Waals surface area contributed by atoms with E-state index < -0.39 is 5.97 Å². The molecule has 3 aromatic rings. The lowest BCUT2D eigenvalue weighted by atomic mass is 10.0. The van der Waals surface area contributed by atoms with Gasteiger partial charge in [0.15, 0.2) is 6.61 Å². The molecule has 0 atom stereocenters. The molecule has 2 aromatic carbocycles. The van der Waals surface area contributed by atoms with Gasteiger partial charge in [0.1, 0.15) is 0 Å². The Morgan fingerprint density at radius 2 is 1.73 bits per heavy atom. The molecule has 1 N–H and O–H groups in total. The molecule has 0 saturated heterocycles.